The molecular weight excluding hydrogens is 352 g/mol. The van der Waals surface area contributed by atoms with Crippen molar-refractivity contribution >= 4 is 23.4 Å². The Kier molecular flexibility index (Phi) is 4.21. The Labute approximate surface area is 156 Å². The lowest BCUT2D eigenvalue weighted by Gasteiger charge is -2.40. The minimum atomic E-state index is -0.940. The van der Waals surface area contributed by atoms with Crippen molar-refractivity contribution in [3.8, 4) is 0 Å². The lowest BCUT2D eigenvalue weighted by molar-refractivity contribution is -0.136. The van der Waals surface area contributed by atoms with Gasteiger partial charge in [-0.2, -0.15) is 0 Å². The Morgan fingerprint density at radius 2 is 1.85 bits per heavy atom. The highest BCUT2D eigenvalue weighted by Gasteiger charge is 2.59. The highest BCUT2D eigenvalue weighted by Crippen LogP contribution is 2.49. The molecule has 1 atom stereocenters. The topological polar surface area (TPSA) is 60.9 Å². The zero-order chi connectivity index (χ0) is 18.3. The number of aliphatic hydroxyl groups is 1. The smallest absolute Gasteiger partial charge is 0.256 e. The number of fused-ring (bicyclic) bond motifs is 3. The van der Waals surface area contributed by atoms with Crippen molar-refractivity contribution in [1.29, 1.82) is 0 Å². The molecule has 0 aliphatic carbocycles. The van der Waals surface area contributed by atoms with Gasteiger partial charge in [0.2, 0.25) is 5.91 Å². The Bertz CT molecular complexity index is 868. The van der Waals surface area contributed by atoms with Crippen LogP contribution < -0.4 is 0 Å². The van der Waals surface area contributed by atoms with Crippen LogP contribution in [0.3, 0.4) is 0 Å². The molecule has 0 unspecified atom stereocenters. The number of carbonyl (C=O) groups is 2. The van der Waals surface area contributed by atoms with E-state index >= 15 is 0 Å². The molecule has 5 nitrogen and oxygen atoms in total. The average Bonchev–Trinajstić information content (AvgIpc) is 3.17. The number of nitrogens with zero attached hydrogens (tertiary/aromatic N) is 2. The second kappa shape index (κ2) is 6.41. The first-order valence-corrected chi connectivity index (χ1v) is 9.07. The molecule has 26 heavy (non-hydrogen) atoms. The van der Waals surface area contributed by atoms with Gasteiger partial charge in [-0.1, -0.05) is 41.9 Å². The molecule has 2 aromatic carbocycles. The summed E-state index contributed by atoms with van der Waals surface area (Å²) in [5.41, 5.74) is 1.35. The van der Waals surface area contributed by atoms with Gasteiger partial charge < -0.3 is 14.9 Å². The molecule has 2 aliphatic heterocycles. The molecule has 1 saturated heterocycles. The van der Waals surface area contributed by atoms with Crippen LogP contribution in [-0.4, -0.2) is 46.4 Å². The van der Waals surface area contributed by atoms with Crippen LogP contribution in [0, 0.1) is 0 Å². The number of hydrogen-bond acceptors (Lipinski definition) is 3. The zero-order valence-electron chi connectivity index (χ0n) is 14.2. The Morgan fingerprint density at radius 3 is 2.58 bits per heavy atom. The zero-order valence-corrected chi connectivity index (χ0v) is 14.9. The number of halogens is 1. The van der Waals surface area contributed by atoms with Crippen LogP contribution >= 0.6 is 11.6 Å². The lowest BCUT2D eigenvalue weighted by Crippen LogP contribution is -2.51. The van der Waals surface area contributed by atoms with Gasteiger partial charge in [0.1, 0.15) is 0 Å². The summed E-state index contributed by atoms with van der Waals surface area (Å²) < 4.78 is 0. The van der Waals surface area contributed by atoms with Crippen LogP contribution in [0.1, 0.15) is 34.3 Å². The van der Waals surface area contributed by atoms with E-state index < -0.39 is 5.66 Å². The lowest BCUT2D eigenvalue weighted by atomic mass is 9.89. The van der Waals surface area contributed by atoms with Gasteiger partial charge in [-0.3, -0.25) is 9.59 Å². The molecule has 0 radical (unpaired) electrons. The molecule has 0 spiro atoms. The van der Waals surface area contributed by atoms with Gasteiger partial charge in [-0.15, -0.1) is 0 Å². The maximum atomic E-state index is 13.0. The van der Waals surface area contributed by atoms with E-state index in [4.69, 9.17) is 16.7 Å². The standard InChI is InChI=1S/C20H19ClN2O3/c21-15-9-7-14(8-10-15)20-17-5-2-1-4-16(17)19(26)23(20)12-11-22(20)18(25)6-3-13-24/h1-2,4-5,7-10,24H,3,6,11-13H2/t20-/m1/s1. The number of hydrogen-bond donors (Lipinski definition) is 1. The third-order valence-electron chi connectivity index (χ3n) is 5.20. The number of carbonyl (C=O) groups excluding carboxylic acids is 2. The van der Waals surface area contributed by atoms with Crippen molar-refractivity contribution in [2.75, 3.05) is 19.7 Å². The number of aliphatic hydroxyl groups excluding tert-OH is 1. The first kappa shape index (κ1) is 17.1. The van der Waals surface area contributed by atoms with Crippen LogP contribution in [0.15, 0.2) is 48.5 Å². The highest BCUT2D eigenvalue weighted by molar-refractivity contribution is 6.30. The van der Waals surface area contributed by atoms with Gasteiger partial charge in [0.25, 0.3) is 5.91 Å². The summed E-state index contributed by atoms with van der Waals surface area (Å²) in [5.74, 6) is -0.131. The molecule has 2 aliphatic rings. The van der Waals surface area contributed by atoms with Crippen molar-refractivity contribution < 1.29 is 14.7 Å². The number of benzene rings is 2. The molecule has 2 aromatic rings. The third-order valence-corrected chi connectivity index (χ3v) is 5.46. The monoisotopic (exact) mass is 370 g/mol. The summed E-state index contributed by atoms with van der Waals surface area (Å²) >= 11 is 6.07. The molecule has 134 valence electrons. The molecule has 2 amide bonds. The van der Waals surface area contributed by atoms with Crippen molar-refractivity contribution in [3.63, 3.8) is 0 Å². The molecule has 1 N–H and O–H groups in total. The fourth-order valence-corrected chi connectivity index (χ4v) is 4.27. The van der Waals surface area contributed by atoms with Crippen LogP contribution in [0.4, 0.5) is 0 Å². The molecule has 0 aromatic heterocycles. The Balaban J connectivity index is 1.92. The maximum Gasteiger partial charge on any atom is 0.256 e. The quantitative estimate of drug-likeness (QED) is 0.900. The molecule has 1 fully saturated rings. The van der Waals surface area contributed by atoms with E-state index in [-0.39, 0.29) is 24.8 Å². The minimum Gasteiger partial charge on any atom is -0.396 e. The van der Waals surface area contributed by atoms with E-state index in [1.54, 1.807) is 21.9 Å². The fraction of sp³-hybridized carbons (Fsp3) is 0.300. The second-order valence-electron chi connectivity index (χ2n) is 6.55. The normalized spacial score (nSPS) is 21.1. The predicted octanol–water partition coefficient (Wildman–Crippen LogP) is 2.61. The molecule has 0 saturated carbocycles. The SMILES string of the molecule is O=C(CCCO)N1CCN2C(=O)c3ccccc3[C@]12c1ccc(Cl)cc1. The van der Waals surface area contributed by atoms with E-state index in [2.05, 4.69) is 0 Å². The van der Waals surface area contributed by atoms with Crippen molar-refractivity contribution in [2.45, 2.75) is 18.5 Å². The van der Waals surface area contributed by atoms with Gasteiger partial charge in [0.15, 0.2) is 5.66 Å². The van der Waals surface area contributed by atoms with E-state index in [9.17, 15) is 9.59 Å². The Morgan fingerprint density at radius 1 is 1.12 bits per heavy atom. The minimum absolute atomic E-state index is 0.0350. The van der Waals surface area contributed by atoms with E-state index in [0.717, 1.165) is 11.1 Å². The first-order valence-electron chi connectivity index (χ1n) is 8.69. The van der Waals surface area contributed by atoms with E-state index in [0.29, 0.717) is 30.1 Å². The first-order chi connectivity index (χ1) is 12.6. The van der Waals surface area contributed by atoms with Crippen LogP contribution in [-0.2, 0) is 10.5 Å². The molecule has 6 heteroatoms. The average molecular weight is 371 g/mol. The summed E-state index contributed by atoms with van der Waals surface area (Å²) in [6.07, 6.45) is 0.650. The molecule has 0 bridgehead atoms. The summed E-state index contributed by atoms with van der Waals surface area (Å²) in [6, 6.07) is 14.8. The maximum absolute atomic E-state index is 13.0. The summed E-state index contributed by atoms with van der Waals surface area (Å²) in [7, 11) is 0. The predicted molar refractivity (Wildman–Crippen MR) is 97.7 cm³/mol. The van der Waals surface area contributed by atoms with Gasteiger partial charge in [-0.05, 0) is 24.6 Å². The third kappa shape index (κ3) is 2.27. The summed E-state index contributed by atoms with van der Waals surface area (Å²) in [6.45, 7) is 0.903. The van der Waals surface area contributed by atoms with E-state index in [1.807, 2.05) is 36.4 Å². The largest absolute Gasteiger partial charge is 0.396 e. The van der Waals surface area contributed by atoms with Crippen LogP contribution in [0.5, 0.6) is 0 Å². The Hall–Kier alpha value is -2.37. The summed E-state index contributed by atoms with van der Waals surface area (Å²) in [4.78, 5) is 29.5. The fourth-order valence-electron chi connectivity index (χ4n) is 4.15. The van der Waals surface area contributed by atoms with Crippen molar-refractivity contribution in [3.05, 3.63) is 70.2 Å². The van der Waals surface area contributed by atoms with Crippen molar-refractivity contribution in [1.82, 2.24) is 9.80 Å². The van der Waals surface area contributed by atoms with Gasteiger partial charge in [-0.25, -0.2) is 0 Å². The molecule has 2 heterocycles. The molecule has 4 rings (SSSR count). The van der Waals surface area contributed by atoms with Gasteiger partial charge in [0.05, 0.1) is 0 Å². The highest BCUT2D eigenvalue weighted by atomic mass is 35.5. The van der Waals surface area contributed by atoms with Crippen LogP contribution in [0.2, 0.25) is 5.02 Å². The van der Waals surface area contributed by atoms with Gasteiger partial charge >= 0.3 is 0 Å². The van der Waals surface area contributed by atoms with Crippen molar-refractivity contribution in [2.24, 2.45) is 0 Å². The number of rotatable bonds is 4. The van der Waals surface area contributed by atoms with Crippen LogP contribution in [0.25, 0.3) is 0 Å². The number of amides is 2. The van der Waals surface area contributed by atoms with Gasteiger partial charge in [0, 0.05) is 47.8 Å². The molecular formula is C20H19ClN2O3. The summed E-state index contributed by atoms with van der Waals surface area (Å²) in [5, 5.41) is 9.71. The van der Waals surface area contributed by atoms with E-state index in [1.165, 1.54) is 0 Å². The second-order valence-corrected chi connectivity index (χ2v) is 6.99.